The summed E-state index contributed by atoms with van der Waals surface area (Å²) in [6.07, 6.45) is 5.86. The van der Waals surface area contributed by atoms with Crippen LogP contribution in [0.5, 0.6) is 0 Å². The van der Waals surface area contributed by atoms with Crippen molar-refractivity contribution in [2.75, 3.05) is 13.1 Å². The third-order valence-corrected chi connectivity index (χ3v) is 7.83. The van der Waals surface area contributed by atoms with Gasteiger partial charge in [-0.25, -0.2) is 13.8 Å². The van der Waals surface area contributed by atoms with Crippen molar-refractivity contribution in [1.82, 2.24) is 19.4 Å². The summed E-state index contributed by atoms with van der Waals surface area (Å²) >= 11 is 0. The highest BCUT2D eigenvalue weighted by Crippen LogP contribution is 2.37. The van der Waals surface area contributed by atoms with E-state index in [4.69, 9.17) is 0 Å². The highest BCUT2D eigenvalue weighted by molar-refractivity contribution is 5.96. The van der Waals surface area contributed by atoms with Gasteiger partial charge < -0.3 is 9.55 Å². The largest absolute Gasteiger partial charge is 0.343 e. The zero-order chi connectivity index (χ0) is 25.7. The van der Waals surface area contributed by atoms with Gasteiger partial charge in [0.1, 0.15) is 17.3 Å². The quantitative estimate of drug-likeness (QED) is 0.279. The zero-order valence-corrected chi connectivity index (χ0v) is 21.6. The topological polar surface area (TPSA) is 36.9 Å². The van der Waals surface area contributed by atoms with Gasteiger partial charge in [0.15, 0.2) is 0 Å². The molecule has 0 spiro atoms. The van der Waals surface area contributed by atoms with Crippen LogP contribution in [0.1, 0.15) is 50.8 Å². The predicted molar refractivity (Wildman–Crippen MR) is 146 cm³/mol. The fourth-order valence-electron chi connectivity index (χ4n) is 5.75. The van der Waals surface area contributed by atoms with Crippen LogP contribution in [0.25, 0.3) is 33.1 Å². The van der Waals surface area contributed by atoms with E-state index in [0.717, 1.165) is 59.0 Å². The van der Waals surface area contributed by atoms with Gasteiger partial charge >= 0.3 is 0 Å². The van der Waals surface area contributed by atoms with Crippen LogP contribution in [-0.4, -0.2) is 38.1 Å². The first-order valence-electron chi connectivity index (χ1n) is 13.0. The van der Waals surface area contributed by atoms with Crippen LogP contribution < -0.4 is 0 Å². The maximum atomic E-state index is 15.4. The molecule has 4 nitrogen and oxygen atoms in total. The van der Waals surface area contributed by atoms with Gasteiger partial charge in [-0.2, -0.15) is 0 Å². The lowest BCUT2D eigenvalue weighted by Gasteiger charge is -2.40. The second-order valence-electron chi connectivity index (χ2n) is 11.2. The first-order chi connectivity index (χ1) is 17.8. The lowest BCUT2D eigenvalue weighted by molar-refractivity contribution is 0.102. The number of rotatable bonds is 4. The Kier molecular flexibility index (Phi) is 5.87. The number of aromatic amines is 1. The first-order valence-corrected chi connectivity index (χ1v) is 13.0. The number of hydrogen-bond acceptors (Lipinski definition) is 2. The number of aromatic nitrogens is 3. The number of piperidine rings is 1. The summed E-state index contributed by atoms with van der Waals surface area (Å²) in [4.78, 5) is 10.6. The van der Waals surface area contributed by atoms with Gasteiger partial charge in [0.2, 0.25) is 0 Å². The lowest BCUT2D eigenvalue weighted by Crippen LogP contribution is -2.45. The molecule has 1 aliphatic rings. The minimum atomic E-state index is -0.259. The van der Waals surface area contributed by atoms with Crippen molar-refractivity contribution in [2.24, 2.45) is 0 Å². The van der Waals surface area contributed by atoms with Gasteiger partial charge in [-0.3, -0.25) is 4.90 Å². The number of likely N-dealkylation sites (tertiary alicyclic amines) is 1. The van der Waals surface area contributed by atoms with E-state index in [0.29, 0.717) is 18.0 Å². The van der Waals surface area contributed by atoms with Gasteiger partial charge in [0, 0.05) is 57.9 Å². The van der Waals surface area contributed by atoms with Crippen LogP contribution in [-0.2, 0) is 6.54 Å². The van der Waals surface area contributed by atoms with Crippen LogP contribution in [0.4, 0.5) is 8.78 Å². The lowest BCUT2D eigenvalue weighted by atomic mass is 9.90. The van der Waals surface area contributed by atoms with E-state index in [1.807, 2.05) is 35.0 Å². The van der Waals surface area contributed by atoms with Crippen molar-refractivity contribution in [2.45, 2.75) is 51.6 Å². The Morgan fingerprint density at radius 3 is 2.54 bits per heavy atom. The molecule has 190 valence electrons. The molecule has 6 rings (SSSR count). The Morgan fingerprint density at radius 1 is 0.973 bits per heavy atom. The average Bonchev–Trinajstić information content (AvgIpc) is 3.47. The van der Waals surface area contributed by atoms with Crippen LogP contribution in [0.15, 0.2) is 67.0 Å². The van der Waals surface area contributed by atoms with Crippen LogP contribution >= 0.6 is 0 Å². The van der Waals surface area contributed by atoms with E-state index < -0.39 is 0 Å². The number of fused-ring (bicyclic) bond motifs is 2. The number of hydrogen-bond donors (Lipinski definition) is 1. The summed E-state index contributed by atoms with van der Waals surface area (Å²) in [5.74, 6) is -0.0755. The van der Waals surface area contributed by atoms with Gasteiger partial charge in [-0.05, 0) is 100 Å². The third-order valence-electron chi connectivity index (χ3n) is 7.83. The molecule has 4 heterocycles. The maximum Gasteiger partial charge on any atom is 0.138 e. The van der Waals surface area contributed by atoms with Crippen LogP contribution in [0, 0.1) is 11.6 Å². The van der Waals surface area contributed by atoms with E-state index >= 15 is 4.39 Å². The predicted octanol–water partition coefficient (Wildman–Crippen LogP) is 7.49. The van der Waals surface area contributed by atoms with Gasteiger partial charge in [0.05, 0.1) is 0 Å². The number of nitrogens with zero attached hydrogens (tertiary/aromatic N) is 3. The molecule has 1 saturated heterocycles. The summed E-state index contributed by atoms with van der Waals surface area (Å²) in [7, 11) is 0. The summed E-state index contributed by atoms with van der Waals surface area (Å²) in [6, 6.07) is 16.1. The molecule has 2 aromatic carbocycles. The Labute approximate surface area is 215 Å². The van der Waals surface area contributed by atoms with Gasteiger partial charge in [0.25, 0.3) is 0 Å². The van der Waals surface area contributed by atoms with Crippen molar-refractivity contribution >= 4 is 21.9 Å². The van der Waals surface area contributed by atoms with E-state index in [1.165, 1.54) is 17.8 Å². The molecule has 3 aromatic heterocycles. The van der Waals surface area contributed by atoms with E-state index in [9.17, 15) is 4.39 Å². The summed E-state index contributed by atoms with van der Waals surface area (Å²) in [5.41, 5.74) is 5.31. The van der Waals surface area contributed by atoms with E-state index in [-0.39, 0.29) is 17.2 Å². The number of pyridine rings is 1. The average molecular weight is 499 g/mol. The van der Waals surface area contributed by atoms with Crippen molar-refractivity contribution in [3.8, 4) is 11.1 Å². The molecule has 6 heteroatoms. The van der Waals surface area contributed by atoms with Crippen molar-refractivity contribution < 1.29 is 8.78 Å². The SMILES string of the molecule is CC(C)(C)N1CCC(c2cc3c(-c4cc5c(ccn5Cc5cccc(F)c5)cc4F)ccnc3[nH]2)CC1. The molecule has 1 fully saturated rings. The second kappa shape index (κ2) is 9.10. The van der Waals surface area contributed by atoms with Crippen molar-refractivity contribution in [3.63, 3.8) is 0 Å². The molecule has 0 aliphatic carbocycles. The van der Waals surface area contributed by atoms with Gasteiger partial charge in [-0.15, -0.1) is 0 Å². The summed E-state index contributed by atoms with van der Waals surface area (Å²) < 4.78 is 31.2. The van der Waals surface area contributed by atoms with E-state index in [2.05, 4.69) is 41.7 Å². The van der Waals surface area contributed by atoms with Crippen LogP contribution in [0.3, 0.4) is 0 Å². The number of H-pyrrole nitrogens is 1. The molecule has 1 aliphatic heterocycles. The standard InChI is InChI=1S/C31H32F2N4/c1-31(2,3)37-13-9-21(10-14-37)28-17-26-24(7-11-34-30(26)35-28)25-18-29-22(16-27(25)33)8-12-36(29)19-20-5-4-6-23(32)15-20/h4-8,11-12,15-18,21H,9-10,13-14,19H2,1-3H3,(H,34,35). The first kappa shape index (κ1) is 23.9. The molecule has 5 aromatic rings. The molecule has 0 amide bonds. The number of halogens is 2. The smallest absolute Gasteiger partial charge is 0.138 e. The molecular weight excluding hydrogens is 466 g/mol. The second-order valence-corrected chi connectivity index (χ2v) is 11.2. The molecule has 0 atom stereocenters. The monoisotopic (exact) mass is 498 g/mol. The van der Waals surface area contributed by atoms with Crippen molar-refractivity contribution in [3.05, 3.63) is 89.9 Å². The molecule has 0 saturated carbocycles. The molecule has 0 radical (unpaired) electrons. The Bertz CT molecular complexity index is 1580. The number of benzene rings is 2. The number of nitrogens with one attached hydrogen (secondary N) is 1. The summed E-state index contributed by atoms with van der Waals surface area (Å²) in [5, 5.41) is 1.76. The molecular formula is C31H32F2N4. The fourth-order valence-corrected chi connectivity index (χ4v) is 5.75. The zero-order valence-electron chi connectivity index (χ0n) is 21.6. The minimum Gasteiger partial charge on any atom is -0.343 e. The van der Waals surface area contributed by atoms with Gasteiger partial charge in [-0.1, -0.05) is 12.1 Å². The fraction of sp³-hybridized carbons (Fsp3) is 0.323. The third kappa shape index (κ3) is 4.55. The van der Waals surface area contributed by atoms with Crippen molar-refractivity contribution in [1.29, 1.82) is 0 Å². The summed E-state index contributed by atoms with van der Waals surface area (Å²) in [6.45, 7) is 9.46. The Morgan fingerprint density at radius 2 is 1.78 bits per heavy atom. The molecule has 0 unspecified atom stereocenters. The normalized spacial score (nSPS) is 15.7. The van der Waals surface area contributed by atoms with Crippen LogP contribution in [0.2, 0.25) is 0 Å². The maximum absolute atomic E-state index is 15.4. The molecule has 1 N–H and O–H groups in total. The highest BCUT2D eigenvalue weighted by atomic mass is 19.1. The Balaban J connectivity index is 1.35. The van der Waals surface area contributed by atoms with E-state index in [1.54, 1.807) is 18.3 Å². The Hall–Kier alpha value is -3.51. The molecule has 0 bridgehead atoms. The highest BCUT2D eigenvalue weighted by Gasteiger charge is 2.28. The molecule has 37 heavy (non-hydrogen) atoms. The minimum absolute atomic E-state index is 0.183.